The highest BCUT2D eigenvalue weighted by atomic mass is 35.5. The van der Waals surface area contributed by atoms with Crippen LogP contribution < -0.4 is 4.90 Å². The summed E-state index contributed by atoms with van der Waals surface area (Å²) in [6, 6.07) is 4.54. The summed E-state index contributed by atoms with van der Waals surface area (Å²) in [7, 11) is 0. The normalized spacial score (nSPS) is 17.2. The second kappa shape index (κ2) is 6.36. The molecule has 1 aromatic carbocycles. The van der Waals surface area contributed by atoms with Crippen molar-refractivity contribution in [2.75, 3.05) is 44.2 Å². The summed E-state index contributed by atoms with van der Waals surface area (Å²) in [5.74, 6) is -0.301. The Labute approximate surface area is 112 Å². The molecule has 18 heavy (non-hydrogen) atoms. The number of aliphatic hydroxyl groups excluding tert-OH is 1. The Hall–Kier alpha value is -0.840. The highest BCUT2D eigenvalue weighted by Gasteiger charge is 2.18. The van der Waals surface area contributed by atoms with Crippen LogP contribution in [0.5, 0.6) is 0 Å². The molecule has 5 heteroatoms. The molecule has 100 valence electrons. The average Bonchev–Trinajstić information content (AvgIpc) is 2.37. The van der Waals surface area contributed by atoms with Gasteiger partial charge in [-0.2, -0.15) is 0 Å². The molecule has 2 rings (SSSR count). The van der Waals surface area contributed by atoms with Gasteiger partial charge in [-0.3, -0.25) is 4.90 Å². The Morgan fingerprint density at radius 1 is 1.22 bits per heavy atom. The Morgan fingerprint density at radius 3 is 2.56 bits per heavy atom. The summed E-state index contributed by atoms with van der Waals surface area (Å²) < 4.78 is 13.0. The summed E-state index contributed by atoms with van der Waals surface area (Å²) in [6.07, 6.45) is 0.817. The van der Waals surface area contributed by atoms with Crippen LogP contribution in [-0.2, 0) is 0 Å². The van der Waals surface area contributed by atoms with Gasteiger partial charge >= 0.3 is 0 Å². The number of aliphatic hydroxyl groups is 1. The maximum Gasteiger partial charge on any atom is 0.124 e. The van der Waals surface area contributed by atoms with Gasteiger partial charge in [0, 0.05) is 39.3 Å². The molecule has 0 aliphatic carbocycles. The molecule has 0 unspecified atom stereocenters. The van der Waals surface area contributed by atoms with Crippen molar-refractivity contribution in [2.45, 2.75) is 6.42 Å². The van der Waals surface area contributed by atoms with Gasteiger partial charge in [-0.25, -0.2) is 4.39 Å². The SMILES string of the molecule is OCCCN1CCN(c2ccc(F)cc2Cl)CC1. The van der Waals surface area contributed by atoms with E-state index in [9.17, 15) is 4.39 Å². The fourth-order valence-electron chi connectivity index (χ4n) is 2.24. The quantitative estimate of drug-likeness (QED) is 0.908. The smallest absolute Gasteiger partial charge is 0.124 e. The first kappa shape index (κ1) is 13.6. The zero-order chi connectivity index (χ0) is 13.0. The predicted octanol–water partition coefficient (Wildman–Crippen LogP) is 1.98. The number of benzene rings is 1. The molecule has 0 aromatic heterocycles. The average molecular weight is 273 g/mol. The van der Waals surface area contributed by atoms with Crippen molar-refractivity contribution in [1.29, 1.82) is 0 Å². The van der Waals surface area contributed by atoms with Crippen LogP contribution in [0.3, 0.4) is 0 Å². The Bertz CT molecular complexity index is 395. The first-order chi connectivity index (χ1) is 8.70. The molecular weight excluding hydrogens is 255 g/mol. The van der Waals surface area contributed by atoms with E-state index in [2.05, 4.69) is 9.80 Å². The molecule has 1 fully saturated rings. The van der Waals surface area contributed by atoms with Crippen LogP contribution in [0.25, 0.3) is 0 Å². The molecule has 0 spiro atoms. The van der Waals surface area contributed by atoms with Gasteiger partial charge in [0.15, 0.2) is 0 Å². The van der Waals surface area contributed by atoms with Crippen LogP contribution in [-0.4, -0.2) is 49.3 Å². The van der Waals surface area contributed by atoms with Crippen molar-refractivity contribution in [1.82, 2.24) is 4.90 Å². The molecule has 1 aliphatic heterocycles. The third kappa shape index (κ3) is 3.34. The molecule has 1 heterocycles. The molecule has 0 saturated carbocycles. The molecule has 0 atom stereocenters. The lowest BCUT2D eigenvalue weighted by Crippen LogP contribution is -2.46. The largest absolute Gasteiger partial charge is 0.396 e. The molecule has 1 aromatic rings. The van der Waals surface area contributed by atoms with E-state index in [0.717, 1.165) is 44.8 Å². The predicted molar refractivity (Wildman–Crippen MR) is 71.8 cm³/mol. The van der Waals surface area contributed by atoms with Gasteiger partial charge in [0.05, 0.1) is 10.7 Å². The van der Waals surface area contributed by atoms with Crippen LogP contribution in [0.2, 0.25) is 5.02 Å². The summed E-state index contributed by atoms with van der Waals surface area (Å²) >= 11 is 6.05. The molecular formula is C13H18ClFN2O. The van der Waals surface area contributed by atoms with Crippen molar-refractivity contribution in [3.63, 3.8) is 0 Å². The minimum absolute atomic E-state index is 0.240. The third-order valence-corrected chi connectivity index (χ3v) is 3.56. The van der Waals surface area contributed by atoms with Gasteiger partial charge in [0.25, 0.3) is 0 Å². The van der Waals surface area contributed by atoms with Crippen LogP contribution in [0.15, 0.2) is 18.2 Å². The minimum atomic E-state index is -0.301. The molecule has 1 N–H and O–H groups in total. The van der Waals surface area contributed by atoms with E-state index in [4.69, 9.17) is 16.7 Å². The number of rotatable bonds is 4. The van der Waals surface area contributed by atoms with Crippen molar-refractivity contribution in [2.24, 2.45) is 0 Å². The topological polar surface area (TPSA) is 26.7 Å². The number of halogens is 2. The standard InChI is InChI=1S/C13H18ClFN2O/c14-12-10-11(15)2-3-13(12)17-7-5-16(6-8-17)4-1-9-18/h2-3,10,18H,1,4-9H2. The zero-order valence-electron chi connectivity index (χ0n) is 10.3. The highest BCUT2D eigenvalue weighted by Crippen LogP contribution is 2.27. The number of piperazine rings is 1. The van der Waals surface area contributed by atoms with E-state index < -0.39 is 0 Å². The van der Waals surface area contributed by atoms with Gasteiger partial charge in [0.2, 0.25) is 0 Å². The van der Waals surface area contributed by atoms with Gasteiger partial charge in [-0.15, -0.1) is 0 Å². The maximum absolute atomic E-state index is 13.0. The second-order valence-electron chi connectivity index (χ2n) is 4.50. The zero-order valence-corrected chi connectivity index (χ0v) is 11.0. The molecule has 0 radical (unpaired) electrons. The summed E-state index contributed by atoms with van der Waals surface area (Å²) in [5.41, 5.74) is 0.903. The lowest BCUT2D eigenvalue weighted by molar-refractivity contribution is 0.216. The summed E-state index contributed by atoms with van der Waals surface area (Å²) in [4.78, 5) is 4.50. The van der Waals surface area contributed by atoms with Gasteiger partial charge < -0.3 is 10.0 Å². The lowest BCUT2D eigenvalue weighted by atomic mass is 10.2. The lowest BCUT2D eigenvalue weighted by Gasteiger charge is -2.36. The fourth-order valence-corrected chi connectivity index (χ4v) is 2.53. The van der Waals surface area contributed by atoms with E-state index in [-0.39, 0.29) is 12.4 Å². The van der Waals surface area contributed by atoms with Gasteiger partial charge in [-0.05, 0) is 24.6 Å². The van der Waals surface area contributed by atoms with Crippen molar-refractivity contribution in [3.05, 3.63) is 29.0 Å². The molecule has 0 bridgehead atoms. The number of hydrogen-bond donors (Lipinski definition) is 1. The first-order valence-corrected chi connectivity index (χ1v) is 6.61. The third-order valence-electron chi connectivity index (χ3n) is 3.26. The minimum Gasteiger partial charge on any atom is -0.396 e. The van der Waals surface area contributed by atoms with E-state index in [1.165, 1.54) is 12.1 Å². The molecule has 3 nitrogen and oxygen atoms in total. The van der Waals surface area contributed by atoms with E-state index in [1.54, 1.807) is 6.07 Å². The highest BCUT2D eigenvalue weighted by molar-refractivity contribution is 6.33. The summed E-state index contributed by atoms with van der Waals surface area (Å²) in [6.45, 7) is 4.85. The van der Waals surface area contributed by atoms with Crippen LogP contribution in [0.1, 0.15) is 6.42 Å². The van der Waals surface area contributed by atoms with Crippen LogP contribution in [0.4, 0.5) is 10.1 Å². The van der Waals surface area contributed by atoms with Crippen LogP contribution >= 0.6 is 11.6 Å². The molecule has 1 saturated heterocycles. The van der Waals surface area contributed by atoms with Gasteiger partial charge in [-0.1, -0.05) is 11.6 Å². The maximum atomic E-state index is 13.0. The van der Waals surface area contributed by atoms with Crippen molar-refractivity contribution in [3.8, 4) is 0 Å². The second-order valence-corrected chi connectivity index (χ2v) is 4.91. The Morgan fingerprint density at radius 2 is 1.94 bits per heavy atom. The van der Waals surface area contributed by atoms with E-state index >= 15 is 0 Å². The van der Waals surface area contributed by atoms with Crippen molar-refractivity contribution < 1.29 is 9.50 Å². The van der Waals surface area contributed by atoms with Crippen molar-refractivity contribution >= 4 is 17.3 Å². The first-order valence-electron chi connectivity index (χ1n) is 6.24. The molecule has 1 aliphatic rings. The monoisotopic (exact) mass is 272 g/mol. The summed E-state index contributed by atoms with van der Waals surface area (Å²) in [5, 5.41) is 9.27. The number of anilines is 1. The van der Waals surface area contributed by atoms with E-state index in [1.807, 2.05) is 0 Å². The number of nitrogens with zero attached hydrogens (tertiary/aromatic N) is 2. The molecule has 0 amide bonds. The Balaban J connectivity index is 1.93. The Kier molecular flexibility index (Phi) is 4.80. The fraction of sp³-hybridized carbons (Fsp3) is 0.538. The van der Waals surface area contributed by atoms with E-state index in [0.29, 0.717) is 5.02 Å². The van der Waals surface area contributed by atoms with Crippen LogP contribution in [0, 0.1) is 5.82 Å². The number of hydrogen-bond acceptors (Lipinski definition) is 3. The van der Waals surface area contributed by atoms with Gasteiger partial charge in [0.1, 0.15) is 5.82 Å².